The van der Waals surface area contributed by atoms with Gasteiger partial charge in [-0.15, -0.1) is 6.58 Å². The molecule has 0 radical (unpaired) electrons. The molecule has 1 saturated heterocycles. The number of carbonyl (C=O) groups excluding carboxylic acids is 2. The topological polar surface area (TPSA) is 80.3 Å². The van der Waals surface area contributed by atoms with Crippen molar-refractivity contribution in [1.82, 2.24) is 15.6 Å². The van der Waals surface area contributed by atoms with Crippen LogP contribution >= 0.6 is 0 Å². The zero-order chi connectivity index (χ0) is 15.1. The highest BCUT2D eigenvalue weighted by Crippen LogP contribution is 2.11. The average Bonchev–Trinajstić information content (AvgIpc) is 3.03. The summed E-state index contributed by atoms with van der Waals surface area (Å²) in [4.78, 5) is 27.8. The van der Waals surface area contributed by atoms with Gasteiger partial charge in [0.2, 0.25) is 0 Å². The van der Waals surface area contributed by atoms with Gasteiger partial charge in [0.05, 0.1) is 17.2 Å². The van der Waals surface area contributed by atoms with Crippen molar-refractivity contribution in [2.24, 2.45) is 0 Å². The molecule has 0 spiro atoms. The van der Waals surface area contributed by atoms with Crippen LogP contribution in [0.15, 0.2) is 31.1 Å². The van der Waals surface area contributed by atoms with E-state index < -0.39 is 0 Å². The minimum absolute atomic E-state index is 0.0842. The van der Waals surface area contributed by atoms with E-state index in [1.54, 1.807) is 6.08 Å². The molecule has 6 heteroatoms. The maximum atomic E-state index is 12.0. The number of hydrogen-bond donors (Lipinski definition) is 2. The summed E-state index contributed by atoms with van der Waals surface area (Å²) in [6.45, 7) is 5.13. The summed E-state index contributed by atoms with van der Waals surface area (Å²) in [7, 11) is 0. The Labute approximate surface area is 123 Å². The summed E-state index contributed by atoms with van der Waals surface area (Å²) in [5, 5.41) is 5.44. The molecule has 2 N–H and O–H groups in total. The lowest BCUT2D eigenvalue weighted by Crippen LogP contribution is -2.32. The maximum absolute atomic E-state index is 12.0. The zero-order valence-corrected chi connectivity index (χ0v) is 11.8. The van der Waals surface area contributed by atoms with Crippen molar-refractivity contribution in [3.8, 4) is 0 Å². The summed E-state index contributed by atoms with van der Waals surface area (Å²) in [5.74, 6) is -0.535. The second kappa shape index (κ2) is 7.54. The van der Waals surface area contributed by atoms with E-state index in [0.717, 1.165) is 19.4 Å². The zero-order valence-electron chi connectivity index (χ0n) is 11.8. The summed E-state index contributed by atoms with van der Waals surface area (Å²) in [5.41, 5.74) is 0.709. The lowest BCUT2D eigenvalue weighted by molar-refractivity contribution is 0.0857. The highest BCUT2D eigenvalue weighted by atomic mass is 16.5. The predicted octanol–water partition coefficient (Wildman–Crippen LogP) is 0.906. The van der Waals surface area contributed by atoms with Gasteiger partial charge < -0.3 is 15.4 Å². The Morgan fingerprint density at radius 3 is 2.67 bits per heavy atom. The van der Waals surface area contributed by atoms with E-state index in [0.29, 0.717) is 24.2 Å². The van der Waals surface area contributed by atoms with Gasteiger partial charge in [0.25, 0.3) is 11.8 Å². The monoisotopic (exact) mass is 289 g/mol. The van der Waals surface area contributed by atoms with E-state index in [2.05, 4.69) is 22.2 Å². The van der Waals surface area contributed by atoms with Crippen LogP contribution in [0.25, 0.3) is 0 Å². The molecule has 0 aromatic carbocycles. The average molecular weight is 289 g/mol. The van der Waals surface area contributed by atoms with Crippen LogP contribution in [0.1, 0.15) is 33.6 Å². The fourth-order valence-corrected chi connectivity index (χ4v) is 2.07. The molecule has 2 amide bonds. The number of carbonyl (C=O) groups is 2. The summed E-state index contributed by atoms with van der Waals surface area (Å²) in [6.07, 6.45) is 6.53. The molecule has 2 rings (SSSR count). The Morgan fingerprint density at radius 2 is 2.05 bits per heavy atom. The first-order chi connectivity index (χ1) is 10.2. The van der Waals surface area contributed by atoms with Gasteiger partial charge in [0.1, 0.15) is 0 Å². The highest BCUT2D eigenvalue weighted by Gasteiger charge is 2.17. The third-order valence-electron chi connectivity index (χ3n) is 3.18. The van der Waals surface area contributed by atoms with E-state index in [9.17, 15) is 9.59 Å². The number of amides is 2. The normalized spacial score (nSPS) is 17.2. The van der Waals surface area contributed by atoms with E-state index in [4.69, 9.17) is 4.74 Å². The van der Waals surface area contributed by atoms with Crippen LogP contribution < -0.4 is 10.6 Å². The molecule has 1 atom stereocenters. The van der Waals surface area contributed by atoms with Crippen molar-refractivity contribution in [2.45, 2.75) is 18.9 Å². The van der Waals surface area contributed by atoms with Crippen LogP contribution in [-0.2, 0) is 4.74 Å². The Hall–Kier alpha value is -2.21. The standard InChI is InChI=1S/C15H19N3O3/c1-2-5-17-14(19)11-7-12(9-16-8-11)15(20)18-10-13-4-3-6-21-13/h2,7-9,13H,1,3-6,10H2,(H,17,19)(H,18,20). The molecule has 1 fully saturated rings. The summed E-state index contributed by atoms with van der Waals surface area (Å²) < 4.78 is 5.44. The maximum Gasteiger partial charge on any atom is 0.253 e. The first-order valence-electron chi connectivity index (χ1n) is 6.94. The smallest absolute Gasteiger partial charge is 0.253 e. The molecule has 1 aliphatic rings. The van der Waals surface area contributed by atoms with Gasteiger partial charge in [-0.1, -0.05) is 6.08 Å². The van der Waals surface area contributed by atoms with Crippen molar-refractivity contribution < 1.29 is 14.3 Å². The van der Waals surface area contributed by atoms with Gasteiger partial charge >= 0.3 is 0 Å². The van der Waals surface area contributed by atoms with Gasteiger partial charge in [-0.25, -0.2) is 0 Å². The molecule has 0 saturated carbocycles. The van der Waals surface area contributed by atoms with Crippen molar-refractivity contribution in [1.29, 1.82) is 0 Å². The quantitative estimate of drug-likeness (QED) is 0.763. The molecular weight excluding hydrogens is 270 g/mol. The minimum Gasteiger partial charge on any atom is -0.376 e. The van der Waals surface area contributed by atoms with Crippen molar-refractivity contribution in [3.05, 3.63) is 42.2 Å². The van der Waals surface area contributed by atoms with Gasteiger partial charge in [0, 0.05) is 32.1 Å². The largest absolute Gasteiger partial charge is 0.376 e. The number of nitrogens with zero attached hydrogens (tertiary/aromatic N) is 1. The fourth-order valence-electron chi connectivity index (χ4n) is 2.07. The van der Waals surface area contributed by atoms with Crippen molar-refractivity contribution in [3.63, 3.8) is 0 Å². The first kappa shape index (κ1) is 15.2. The van der Waals surface area contributed by atoms with Crippen LogP contribution in [0.3, 0.4) is 0 Å². The number of rotatable bonds is 6. The molecule has 112 valence electrons. The molecule has 6 nitrogen and oxygen atoms in total. The van der Waals surface area contributed by atoms with E-state index in [1.165, 1.54) is 18.5 Å². The lowest BCUT2D eigenvalue weighted by Gasteiger charge is -2.11. The predicted molar refractivity (Wildman–Crippen MR) is 78.1 cm³/mol. The van der Waals surface area contributed by atoms with E-state index >= 15 is 0 Å². The van der Waals surface area contributed by atoms with Crippen LogP contribution in [-0.4, -0.2) is 42.6 Å². The molecular formula is C15H19N3O3. The minimum atomic E-state index is -0.281. The molecule has 1 aromatic rings. The third kappa shape index (κ3) is 4.39. The van der Waals surface area contributed by atoms with Gasteiger partial charge in [-0.2, -0.15) is 0 Å². The number of aromatic nitrogens is 1. The molecule has 0 aliphatic carbocycles. The number of hydrogen-bond acceptors (Lipinski definition) is 4. The van der Waals surface area contributed by atoms with Crippen molar-refractivity contribution >= 4 is 11.8 Å². The molecule has 1 aliphatic heterocycles. The van der Waals surface area contributed by atoms with E-state index in [1.807, 2.05) is 0 Å². The van der Waals surface area contributed by atoms with Crippen LogP contribution in [0, 0.1) is 0 Å². The van der Waals surface area contributed by atoms with E-state index in [-0.39, 0.29) is 17.9 Å². The van der Waals surface area contributed by atoms with Gasteiger partial charge in [-0.3, -0.25) is 14.6 Å². The number of ether oxygens (including phenoxy) is 1. The Kier molecular flexibility index (Phi) is 5.45. The van der Waals surface area contributed by atoms with Crippen LogP contribution in [0.5, 0.6) is 0 Å². The Bertz CT molecular complexity index is 525. The van der Waals surface area contributed by atoms with Crippen LogP contribution in [0.4, 0.5) is 0 Å². The Balaban J connectivity index is 1.93. The summed E-state index contributed by atoms with van der Waals surface area (Å²) in [6, 6.07) is 1.52. The van der Waals surface area contributed by atoms with Crippen LogP contribution in [0.2, 0.25) is 0 Å². The van der Waals surface area contributed by atoms with Crippen molar-refractivity contribution in [2.75, 3.05) is 19.7 Å². The lowest BCUT2D eigenvalue weighted by atomic mass is 10.1. The second-order valence-electron chi connectivity index (χ2n) is 4.81. The van der Waals surface area contributed by atoms with Gasteiger partial charge in [0.15, 0.2) is 0 Å². The molecule has 0 bridgehead atoms. The third-order valence-corrected chi connectivity index (χ3v) is 3.18. The Morgan fingerprint density at radius 1 is 1.33 bits per heavy atom. The second-order valence-corrected chi connectivity index (χ2v) is 4.81. The molecule has 1 unspecified atom stereocenters. The summed E-state index contributed by atoms with van der Waals surface area (Å²) >= 11 is 0. The van der Waals surface area contributed by atoms with Gasteiger partial charge in [-0.05, 0) is 18.9 Å². The molecule has 1 aromatic heterocycles. The molecule has 2 heterocycles. The number of pyridine rings is 1. The first-order valence-corrected chi connectivity index (χ1v) is 6.94. The number of nitrogens with one attached hydrogen (secondary N) is 2. The fraction of sp³-hybridized carbons (Fsp3) is 0.400. The molecule has 21 heavy (non-hydrogen) atoms. The SMILES string of the molecule is C=CCNC(=O)c1cncc(C(=O)NCC2CCCO2)c1. The highest BCUT2D eigenvalue weighted by molar-refractivity contribution is 5.99.